The number of nitrogens with zero attached hydrogens (tertiary/aromatic N) is 4. The second kappa shape index (κ2) is 9.68. The summed E-state index contributed by atoms with van der Waals surface area (Å²) in [6.45, 7) is 1.32. The van der Waals surface area contributed by atoms with Crippen LogP contribution in [-0.2, 0) is 4.79 Å². The lowest BCUT2D eigenvalue weighted by Gasteiger charge is -2.20. The molecule has 1 fully saturated rings. The zero-order chi connectivity index (χ0) is 22.5. The lowest BCUT2D eigenvalue weighted by molar-refractivity contribution is -0.132. The van der Waals surface area contributed by atoms with E-state index in [1.165, 1.54) is 0 Å². The van der Waals surface area contributed by atoms with Gasteiger partial charge in [0.15, 0.2) is 6.61 Å². The summed E-state index contributed by atoms with van der Waals surface area (Å²) in [6, 6.07) is 17.3. The topological polar surface area (TPSA) is 67.8 Å². The molecule has 7 nitrogen and oxygen atoms in total. The number of ether oxygens (including phenoxy) is 2. The molecule has 0 saturated carbocycles. The molecule has 1 atom stereocenters. The average Bonchev–Trinajstić information content (AvgIpc) is 3.33. The molecular weight excluding hydrogens is 404 g/mol. The minimum Gasteiger partial charge on any atom is -0.497 e. The maximum Gasteiger partial charge on any atom is 0.260 e. The first-order valence-corrected chi connectivity index (χ1v) is 10.7. The molecule has 2 aromatic carbocycles. The summed E-state index contributed by atoms with van der Waals surface area (Å²) in [5, 5.41) is 0. The Morgan fingerprint density at radius 2 is 1.91 bits per heavy atom. The maximum absolute atomic E-state index is 12.8. The van der Waals surface area contributed by atoms with Crippen molar-refractivity contribution in [1.29, 1.82) is 0 Å². The van der Waals surface area contributed by atoms with E-state index in [2.05, 4.69) is 4.98 Å². The smallest absolute Gasteiger partial charge is 0.260 e. The monoisotopic (exact) mass is 432 g/mol. The van der Waals surface area contributed by atoms with E-state index in [-0.39, 0.29) is 18.4 Å². The van der Waals surface area contributed by atoms with Gasteiger partial charge in [0.05, 0.1) is 12.8 Å². The van der Waals surface area contributed by atoms with Crippen molar-refractivity contribution in [2.75, 3.05) is 45.8 Å². The standard InChI is InChI=1S/C25H28N4O3/c1-28(2)25-26-15-22(18-8-7-11-21(14-18)31-3)24(27-25)19-12-13-29(16-19)23(30)17-32-20-9-5-4-6-10-20/h4-11,14-15,19H,12-13,16-17H2,1-3H3/t19-/m1/s1. The predicted molar refractivity (Wildman–Crippen MR) is 124 cm³/mol. The lowest BCUT2D eigenvalue weighted by Crippen LogP contribution is -2.33. The minimum absolute atomic E-state index is 0.0128. The van der Waals surface area contributed by atoms with Crippen molar-refractivity contribution in [3.05, 3.63) is 66.5 Å². The normalized spacial score (nSPS) is 15.5. The van der Waals surface area contributed by atoms with E-state index < -0.39 is 0 Å². The summed E-state index contributed by atoms with van der Waals surface area (Å²) in [6.07, 6.45) is 2.72. The van der Waals surface area contributed by atoms with Crippen molar-refractivity contribution >= 4 is 11.9 Å². The number of carbonyl (C=O) groups excluding carboxylic acids is 1. The van der Waals surface area contributed by atoms with E-state index in [9.17, 15) is 4.79 Å². The molecule has 3 aromatic rings. The van der Waals surface area contributed by atoms with Crippen molar-refractivity contribution in [3.63, 3.8) is 0 Å². The molecule has 2 heterocycles. The molecule has 0 N–H and O–H groups in total. The highest BCUT2D eigenvalue weighted by atomic mass is 16.5. The third-order valence-electron chi connectivity index (χ3n) is 5.62. The first-order valence-electron chi connectivity index (χ1n) is 10.7. The Morgan fingerprint density at radius 1 is 1.12 bits per heavy atom. The van der Waals surface area contributed by atoms with Crippen molar-refractivity contribution in [2.24, 2.45) is 0 Å². The zero-order valence-electron chi connectivity index (χ0n) is 18.7. The van der Waals surface area contributed by atoms with Gasteiger partial charge in [0.2, 0.25) is 5.95 Å². The number of aromatic nitrogens is 2. The molecule has 0 aliphatic carbocycles. The molecule has 0 bridgehead atoms. The number of hydrogen-bond donors (Lipinski definition) is 0. The van der Waals surface area contributed by atoms with Crippen LogP contribution in [0, 0.1) is 0 Å². The Kier molecular flexibility index (Phi) is 6.54. The van der Waals surface area contributed by atoms with Crippen molar-refractivity contribution in [2.45, 2.75) is 12.3 Å². The van der Waals surface area contributed by atoms with Crippen LogP contribution in [0.25, 0.3) is 11.1 Å². The average molecular weight is 433 g/mol. The second-order valence-corrected chi connectivity index (χ2v) is 8.02. The fourth-order valence-electron chi connectivity index (χ4n) is 3.89. The molecule has 4 rings (SSSR count). The molecule has 1 saturated heterocycles. The summed E-state index contributed by atoms with van der Waals surface area (Å²) in [5.74, 6) is 2.25. The van der Waals surface area contributed by atoms with E-state index in [0.717, 1.165) is 29.0 Å². The third-order valence-corrected chi connectivity index (χ3v) is 5.62. The van der Waals surface area contributed by atoms with Crippen molar-refractivity contribution in [3.8, 4) is 22.6 Å². The van der Waals surface area contributed by atoms with Gasteiger partial charge in [-0.2, -0.15) is 0 Å². The van der Waals surface area contributed by atoms with Crippen LogP contribution in [0.1, 0.15) is 18.0 Å². The Hall–Kier alpha value is -3.61. The number of amides is 1. The fraction of sp³-hybridized carbons (Fsp3) is 0.320. The molecule has 7 heteroatoms. The van der Waals surface area contributed by atoms with Crippen LogP contribution in [0.3, 0.4) is 0 Å². The third kappa shape index (κ3) is 4.82. The highest BCUT2D eigenvalue weighted by Crippen LogP contribution is 2.35. The van der Waals surface area contributed by atoms with Gasteiger partial charge in [-0.05, 0) is 36.2 Å². The van der Waals surface area contributed by atoms with Crippen LogP contribution in [-0.4, -0.2) is 61.7 Å². The number of methoxy groups -OCH3 is 1. The number of benzene rings is 2. The Labute approximate surface area is 188 Å². The molecule has 0 unspecified atom stereocenters. The Morgan fingerprint density at radius 3 is 2.66 bits per heavy atom. The summed E-state index contributed by atoms with van der Waals surface area (Å²) >= 11 is 0. The number of carbonyl (C=O) groups is 1. The van der Waals surface area contributed by atoms with Crippen LogP contribution in [0.2, 0.25) is 0 Å². The van der Waals surface area contributed by atoms with E-state index >= 15 is 0 Å². The predicted octanol–water partition coefficient (Wildman–Crippen LogP) is 3.61. The SMILES string of the molecule is COc1cccc(-c2cnc(N(C)C)nc2[C@@H]2CCN(C(=O)COc3ccccc3)C2)c1. The van der Waals surface area contributed by atoms with Crippen LogP contribution >= 0.6 is 0 Å². The molecule has 1 aliphatic rings. The van der Waals surface area contributed by atoms with E-state index in [0.29, 0.717) is 24.8 Å². The number of hydrogen-bond acceptors (Lipinski definition) is 6. The quantitative estimate of drug-likeness (QED) is 0.568. The Balaban J connectivity index is 1.54. The van der Waals surface area contributed by atoms with Crippen LogP contribution < -0.4 is 14.4 Å². The van der Waals surface area contributed by atoms with Gasteiger partial charge in [0.25, 0.3) is 5.91 Å². The van der Waals surface area contributed by atoms with Gasteiger partial charge in [-0.15, -0.1) is 0 Å². The summed E-state index contributed by atoms with van der Waals surface area (Å²) in [7, 11) is 5.51. The summed E-state index contributed by atoms with van der Waals surface area (Å²) in [4.78, 5) is 25.9. The van der Waals surface area contributed by atoms with Crippen LogP contribution in [0.5, 0.6) is 11.5 Å². The molecular formula is C25H28N4O3. The largest absolute Gasteiger partial charge is 0.497 e. The number of anilines is 1. The van der Waals surface area contributed by atoms with Crippen molar-refractivity contribution < 1.29 is 14.3 Å². The molecule has 166 valence electrons. The van der Waals surface area contributed by atoms with E-state index in [1.54, 1.807) is 7.11 Å². The molecule has 0 radical (unpaired) electrons. The first kappa shape index (κ1) is 21.6. The van der Waals surface area contributed by atoms with E-state index in [4.69, 9.17) is 14.5 Å². The van der Waals surface area contributed by atoms with Gasteiger partial charge in [0.1, 0.15) is 11.5 Å². The lowest BCUT2D eigenvalue weighted by atomic mass is 9.96. The second-order valence-electron chi connectivity index (χ2n) is 8.02. The number of likely N-dealkylation sites (tertiary alicyclic amines) is 1. The van der Waals surface area contributed by atoms with Gasteiger partial charge in [-0.1, -0.05) is 30.3 Å². The van der Waals surface area contributed by atoms with Gasteiger partial charge in [-0.25, -0.2) is 9.97 Å². The van der Waals surface area contributed by atoms with Crippen LogP contribution in [0.15, 0.2) is 60.8 Å². The summed E-state index contributed by atoms with van der Waals surface area (Å²) in [5.41, 5.74) is 2.92. The van der Waals surface area contributed by atoms with Gasteiger partial charge >= 0.3 is 0 Å². The molecule has 1 amide bonds. The highest BCUT2D eigenvalue weighted by Gasteiger charge is 2.31. The molecule has 1 aliphatic heterocycles. The highest BCUT2D eigenvalue weighted by molar-refractivity contribution is 5.78. The van der Waals surface area contributed by atoms with Gasteiger partial charge in [-0.3, -0.25) is 4.79 Å². The zero-order valence-corrected chi connectivity index (χ0v) is 18.7. The molecule has 0 spiro atoms. The Bertz CT molecular complexity index is 1070. The molecule has 32 heavy (non-hydrogen) atoms. The summed E-state index contributed by atoms with van der Waals surface area (Å²) < 4.78 is 11.1. The fourth-order valence-corrected chi connectivity index (χ4v) is 3.89. The maximum atomic E-state index is 12.8. The minimum atomic E-state index is -0.0128. The van der Waals surface area contributed by atoms with Crippen molar-refractivity contribution in [1.82, 2.24) is 14.9 Å². The van der Waals surface area contributed by atoms with E-state index in [1.807, 2.05) is 84.7 Å². The first-order chi connectivity index (χ1) is 15.5. The van der Waals surface area contributed by atoms with Gasteiger partial charge in [0, 0.05) is 44.9 Å². The van der Waals surface area contributed by atoms with Crippen LogP contribution in [0.4, 0.5) is 5.95 Å². The van der Waals surface area contributed by atoms with Gasteiger partial charge < -0.3 is 19.3 Å². The number of para-hydroxylation sites is 1. The molecule has 1 aromatic heterocycles. The number of rotatable bonds is 7.